The molecule has 1 nitrogen and oxygen atoms in total. The van der Waals surface area contributed by atoms with Crippen LogP contribution in [0.25, 0.3) is 0 Å². The summed E-state index contributed by atoms with van der Waals surface area (Å²) < 4.78 is 28.0. The van der Waals surface area contributed by atoms with Gasteiger partial charge in [0, 0.05) is 29.4 Å². The lowest BCUT2D eigenvalue weighted by Crippen LogP contribution is -2.38. The lowest BCUT2D eigenvalue weighted by molar-refractivity contribution is 0.566. The number of nitrogens with zero attached hydrogens (tertiary/aromatic N) is 1. The molecule has 1 aromatic rings. The Morgan fingerprint density at radius 1 is 1.39 bits per heavy atom. The van der Waals surface area contributed by atoms with E-state index in [1.54, 1.807) is 0 Å². The molecular weight excluding hydrogens is 320 g/mol. The van der Waals surface area contributed by atoms with Gasteiger partial charge in [-0.05, 0) is 24.1 Å². The molecule has 0 aliphatic carbocycles. The monoisotopic (exact) mass is 335 g/mol. The molecule has 0 bridgehead atoms. The predicted molar refractivity (Wildman–Crippen MR) is 77.7 cm³/mol. The first-order chi connectivity index (χ1) is 8.65. The van der Waals surface area contributed by atoms with Gasteiger partial charge in [0.1, 0.15) is 17.3 Å². The van der Waals surface area contributed by atoms with E-state index in [4.69, 9.17) is 0 Å². The summed E-state index contributed by atoms with van der Waals surface area (Å²) in [5, 5.41) is 0.933. The van der Waals surface area contributed by atoms with Crippen molar-refractivity contribution in [2.24, 2.45) is 0 Å². The summed E-state index contributed by atoms with van der Waals surface area (Å²) in [6.45, 7) is 3.55. The molecule has 1 aliphatic rings. The number of halogens is 3. The summed E-state index contributed by atoms with van der Waals surface area (Å²) in [6.07, 6.45) is 1.03. The van der Waals surface area contributed by atoms with Gasteiger partial charge in [-0.1, -0.05) is 22.9 Å². The van der Waals surface area contributed by atoms with E-state index in [1.165, 1.54) is 12.1 Å². The lowest BCUT2D eigenvalue weighted by Gasteiger charge is -2.34. The van der Waals surface area contributed by atoms with Crippen molar-refractivity contribution in [3.05, 3.63) is 29.3 Å². The van der Waals surface area contributed by atoms with Crippen LogP contribution in [0.1, 0.15) is 18.9 Å². The molecule has 5 heteroatoms. The largest absolute Gasteiger partial charge is 0.365 e. The summed E-state index contributed by atoms with van der Waals surface area (Å²) >= 11 is 5.10. The second-order valence-electron chi connectivity index (χ2n) is 4.39. The average Bonchev–Trinajstić information content (AvgIpc) is 2.38. The molecule has 1 aromatic carbocycles. The quantitative estimate of drug-likeness (QED) is 0.762. The third kappa shape index (κ3) is 2.99. The first kappa shape index (κ1) is 14.1. The number of rotatable bonds is 3. The number of hydrogen-bond donors (Lipinski definition) is 0. The van der Waals surface area contributed by atoms with Crippen LogP contribution < -0.4 is 4.90 Å². The fourth-order valence-electron chi connectivity index (χ4n) is 2.17. The Labute approximate surface area is 119 Å². The molecule has 1 atom stereocenters. The molecule has 1 fully saturated rings. The van der Waals surface area contributed by atoms with Crippen molar-refractivity contribution < 1.29 is 8.78 Å². The number of benzene rings is 1. The molecule has 1 saturated heterocycles. The van der Waals surface area contributed by atoms with Gasteiger partial charge in [-0.25, -0.2) is 8.78 Å². The van der Waals surface area contributed by atoms with Crippen molar-refractivity contribution in [3.63, 3.8) is 0 Å². The number of alkyl halides is 1. The normalized spacial score (nSPS) is 20.2. The van der Waals surface area contributed by atoms with E-state index in [0.717, 1.165) is 18.7 Å². The number of thioether (sulfide) groups is 1. The Morgan fingerprint density at radius 3 is 2.61 bits per heavy atom. The van der Waals surface area contributed by atoms with Crippen molar-refractivity contribution in [1.29, 1.82) is 0 Å². The van der Waals surface area contributed by atoms with Crippen LogP contribution in [0.4, 0.5) is 14.5 Å². The highest BCUT2D eigenvalue weighted by atomic mass is 79.9. The summed E-state index contributed by atoms with van der Waals surface area (Å²) in [5.74, 6) is 0.0230. The molecule has 1 heterocycles. The fraction of sp³-hybridized carbons (Fsp3) is 0.538. The summed E-state index contributed by atoms with van der Waals surface area (Å²) in [7, 11) is 0. The maximum Gasteiger partial charge on any atom is 0.149 e. The van der Waals surface area contributed by atoms with Crippen LogP contribution >= 0.6 is 27.7 Å². The van der Waals surface area contributed by atoms with Gasteiger partial charge < -0.3 is 4.90 Å². The van der Waals surface area contributed by atoms with Gasteiger partial charge in [0.05, 0.1) is 0 Å². The molecule has 0 radical (unpaired) electrons. The molecule has 2 rings (SSSR count). The molecule has 0 amide bonds. The molecule has 100 valence electrons. The Balaban J connectivity index is 2.27. The van der Waals surface area contributed by atoms with Gasteiger partial charge >= 0.3 is 0 Å². The van der Waals surface area contributed by atoms with Crippen LogP contribution in [0.15, 0.2) is 12.1 Å². The zero-order valence-corrected chi connectivity index (χ0v) is 12.7. The molecule has 0 aromatic heterocycles. The smallest absolute Gasteiger partial charge is 0.149 e. The van der Waals surface area contributed by atoms with Crippen molar-refractivity contribution >= 4 is 33.4 Å². The van der Waals surface area contributed by atoms with Gasteiger partial charge in [-0.3, -0.25) is 0 Å². The van der Waals surface area contributed by atoms with Crippen molar-refractivity contribution in [2.45, 2.75) is 23.9 Å². The Morgan fingerprint density at radius 2 is 2.06 bits per heavy atom. The van der Waals surface area contributed by atoms with Crippen LogP contribution in [0, 0.1) is 11.6 Å². The average molecular weight is 336 g/mol. The number of anilines is 1. The standard InChI is InChI=1S/C13H16BrF2NS/c1-2-10-8-17(3-4-18-10)13-11(15)5-9(7-14)6-12(13)16/h5-6,10H,2-4,7-8H2,1H3. The predicted octanol–water partition coefficient (Wildman–Crippen LogP) is 4.19. The van der Waals surface area contributed by atoms with E-state index in [9.17, 15) is 8.78 Å². The van der Waals surface area contributed by atoms with E-state index < -0.39 is 11.6 Å². The van der Waals surface area contributed by atoms with E-state index >= 15 is 0 Å². The summed E-state index contributed by atoms with van der Waals surface area (Å²) in [4.78, 5) is 1.84. The molecule has 0 N–H and O–H groups in total. The second kappa shape index (κ2) is 6.24. The molecule has 18 heavy (non-hydrogen) atoms. The molecule has 1 aliphatic heterocycles. The second-order valence-corrected chi connectivity index (χ2v) is 6.36. The SMILES string of the molecule is CCC1CN(c2c(F)cc(CBr)cc2F)CCS1. The third-order valence-corrected chi connectivity index (χ3v) is 5.16. The van der Waals surface area contributed by atoms with Crippen LogP contribution in [0.2, 0.25) is 0 Å². The van der Waals surface area contributed by atoms with Gasteiger partial charge in [0.25, 0.3) is 0 Å². The molecule has 0 saturated carbocycles. The zero-order chi connectivity index (χ0) is 13.1. The minimum Gasteiger partial charge on any atom is -0.365 e. The van der Waals surface area contributed by atoms with Gasteiger partial charge in [0.2, 0.25) is 0 Å². The van der Waals surface area contributed by atoms with Crippen molar-refractivity contribution in [3.8, 4) is 0 Å². The first-order valence-corrected chi connectivity index (χ1v) is 8.23. The van der Waals surface area contributed by atoms with Gasteiger partial charge in [-0.15, -0.1) is 0 Å². The highest BCUT2D eigenvalue weighted by Crippen LogP contribution is 2.30. The van der Waals surface area contributed by atoms with Crippen LogP contribution in [0.5, 0.6) is 0 Å². The topological polar surface area (TPSA) is 3.24 Å². The minimum absolute atomic E-state index is 0.137. The Kier molecular flexibility index (Phi) is 4.90. The van der Waals surface area contributed by atoms with Crippen LogP contribution in [0.3, 0.4) is 0 Å². The molecule has 1 unspecified atom stereocenters. The number of hydrogen-bond acceptors (Lipinski definition) is 2. The van der Waals surface area contributed by atoms with Gasteiger partial charge in [0.15, 0.2) is 0 Å². The maximum absolute atomic E-state index is 14.0. The zero-order valence-electron chi connectivity index (χ0n) is 10.3. The van der Waals surface area contributed by atoms with Crippen LogP contribution in [-0.2, 0) is 5.33 Å². The van der Waals surface area contributed by atoms with Crippen molar-refractivity contribution in [2.75, 3.05) is 23.7 Å². The van der Waals surface area contributed by atoms with Crippen LogP contribution in [-0.4, -0.2) is 24.1 Å². The van der Waals surface area contributed by atoms with Gasteiger partial charge in [-0.2, -0.15) is 11.8 Å². The minimum atomic E-state index is -0.453. The maximum atomic E-state index is 14.0. The first-order valence-electron chi connectivity index (χ1n) is 6.06. The van der Waals surface area contributed by atoms with E-state index in [-0.39, 0.29) is 5.69 Å². The van der Waals surface area contributed by atoms with E-state index in [0.29, 0.717) is 22.7 Å². The Hall–Kier alpha value is -0.290. The summed E-state index contributed by atoms with van der Waals surface area (Å²) in [6, 6.07) is 2.83. The van der Waals surface area contributed by atoms with Crippen molar-refractivity contribution in [1.82, 2.24) is 0 Å². The lowest BCUT2D eigenvalue weighted by atomic mass is 10.1. The highest BCUT2D eigenvalue weighted by molar-refractivity contribution is 9.08. The Bertz CT molecular complexity index is 404. The third-order valence-electron chi connectivity index (χ3n) is 3.14. The fourth-order valence-corrected chi connectivity index (χ4v) is 3.67. The van der Waals surface area contributed by atoms with E-state index in [2.05, 4.69) is 22.9 Å². The van der Waals surface area contributed by atoms with E-state index in [1.807, 2.05) is 16.7 Å². The molecule has 0 spiro atoms. The summed E-state index contributed by atoms with van der Waals surface area (Å²) in [5.41, 5.74) is 0.769. The molecular formula is C13H16BrF2NS. The highest BCUT2D eigenvalue weighted by Gasteiger charge is 2.24.